The highest BCUT2D eigenvalue weighted by Gasteiger charge is 2.12. The minimum atomic E-state index is -0.498. The van der Waals surface area contributed by atoms with Crippen molar-refractivity contribution in [1.82, 2.24) is 9.88 Å². The fourth-order valence-electron chi connectivity index (χ4n) is 1.92. The van der Waals surface area contributed by atoms with Gasteiger partial charge in [0.05, 0.1) is 0 Å². The summed E-state index contributed by atoms with van der Waals surface area (Å²) >= 11 is 1.67. The number of hydrogen-bond acceptors (Lipinski definition) is 4. The zero-order chi connectivity index (χ0) is 16.7. The molecule has 0 spiro atoms. The molecule has 1 heterocycles. The highest BCUT2D eigenvalue weighted by molar-refractivity contribution is 7.99. The van der Waals surface area contributed by atoms with Gasteiger partial charge in [0.2, 0.25) is 0 Å². The van der Waals surface area contributed by atoms with Crippen LogP contribution in [-0.4, -0.2) is 35.3 Å². The molecule has 5 nitrogen and oxygen atoms in total. The second-order valence-electron chi connectivity index (χ2n) is 5.09. The number of esters is 1. The van der Waals surface area contributed by atoms with Crippen LogP contribution in [0.5, 0.6) is 0 Å². The molecule has 0 radical (unpaired) electrons. The fraction of sp³-hybridized carbons (Fsp3) is 0.294. The van der Waals surface area contributed by atoms with Crippen LogP contribution < -0.4 is 5.32 Å². The van der Waals surface area contributed by atoms with E-state index in [2.05, 4.69) is 29.6 Å². The first-order valence-electron chi connectivity index (χ1n) is 7.31. The van der Waals surface area contributed by atoms with E-state index >= 15 is 0 Å². The molecular weight excluding hydrogens is 312 g/mol. The van der Waals surface area contributed by atoms with Crippen LogP contribution in [0.3, 0.4) is 0 Å². The molecule has 2 rings (SSSR count). The second kappa shape index (κ2) is 8.43. The van der Waals surface area contributed by atoms with Crippen molar-refractivity contribution in [3.8, 4) is 0 Å². The van der Waals surface area contributed by atoms with E-state index in [4.69, 9.17) is 4.74 Å². The molecule has 0 aliphatic heterocycles. The number of rotatable bonds is 7. The van der Waals surface area contributed by atoms with Crippen LogP contribution in [0.15, 0.2) is 47.5 Å². The van der Waals surface area contributed by atoms with Crippen LogP contribution in [0.2, 0.25) is 0 Å². The van der Waals surface area contributed by atoms with Crippen molar-refractivity contribution in [2.45, 2.75) is 11.8 Å². The molecule has 0 bridgehead atoms. The standard InChI is InChI=1S/C17H20N2O3S/c1-13-5-7-14(8-6-13)23-11-9-18-16(20)12-22-17(21)15-4-3-10-19(15)2/h3-8,10H,9,11-12H2,1-2H3,(H,18,20). The normalized spacial score (nSPS) is 10.3. The van der Waals surface area contributed by atoms with Crippen LogP contribution >= 0.6 is 11.8 Å². The number of benzene rings is 1. The first kappa shape index (κ1) is 17.1. The number of aromatic nitrogens is 1. The van der Waals surface area contributed by atoms with Crippen molar-refractivity contribution >= 4 is 23.6 Å². The SMILES string of the molecule is Cc1ccc(SCCNC(=O)COC(=O)c2cccn2C)cc1. The minimum absolute atomic E-state index is 0.265. The molecule has 0 saturated carbocycles. The fourth-order valence-corrected chi connectivity index (χ4v) is 2.69. The summed E-state index contributed by atoms with van der Waals surface area (Å²) in [5, 5.41) is 2.74. The Kier molecular flexibility index (Phi) is 6.29. The molecule has 2 aromatic rings. The number of thioether (sulfide) groups is 1. The summed E-state index contributed by atoms with van der Waals surface area (Å²) in [7, 11) is 1.75. The molecule has 0 saturated heterocycles. The number of hydrogen-bond donors (Lipinski definition) is 1. The van der Waals surface area contributed by atoms with E-state index in [1.165, 1.54) is 10.5 Å². The third kappa shape index (κ3) is 5.49. The van der Waals surface area contributed by atoms with E-state index < -0.39 is 5.97 Å². The average molecular weight is 332 g/mol. The maximum atomic E-state index is 11.7. The monoisotopic (exact) mass is 332 g/mol. The molecular formula is C17H20N2O3S. The zero-order valence-corrected chi connectivity index (χ0v) is 14.1. The average Bonchev–Trinajstić information content (AvgIpc) is 2.97. The Morgan fingerprint density at radius 3 is 2.61 bits per heavy atom. The maximum Gasteiger partial charge on any atom is 0.355 e. The van der Waals surface area contributed by atoms with E-state index in [-0.39, 0.29) is 12.5 Å². The summed E-state index contributed by atoms with van der Waals surface area (Å²) in [6.45, 7) is 2.31. The van der Waals surface area contributed by atoms with Gasteiger partial charge in [-0.2, -0.15) is 0 Å². The summed E-state index contributed by atoms with van der Waals surface area (Å²) in [6.07, 6.45) is 1.75. The zero-order valence-electron chi connectivity index (χ0n) is 13.2. The number of amides is 1. The summed E-state index contributed by atoms with van der Waals surface area (Å²) in [6, 6.07) is 11.6. The molecule has 1 aromatic carbocycles. The highest BCUT2D eigenvalue weighted by atomic mass is 32.2. The summed E-state index contributed by atoms with van der Waals surface area (Å²) in [5.41, 5.74) is 1.65. The summed E-state index contributed by atoms with van der Waals surface area (Å²) in [4.78, 5) is 24.6. The molecule has 1 aromatic heterocycles. The van der Waals surface area contributed by atoms with Crippen LogP contribution in [0, 0.1) is 6.92 Å². The molecule has 23 heavy (non-hydrogen) atoms. The summed E-state index contributed by atoms with van der Waals surface area (Å²) in [5.74, 6) is -0.0284. The quantitative estimate of drug-likeness (QED) is 0.480. The molecule has 0 aliphatic rings. The van der Waals surface area contributed by atoms with Crippen molar-refractivity contribution in [3.05, 3.63) is 53.9 Å². The Morgan fingerprint density at radius 1 is 1.22 bits per heavy atom. The Morgan fingerprint density at radius 2 is 1.96 bits per heavy atom. The number of nitrogens with one attached hydrogen (secondary N) is 1. The molecule has 0 atom stereocenters. The van der Waals surface area contributed by atoms with Crippen molar-refractivity contribution in [3.63, 3.8) is 0 Å². The number of ether oxygens (including phenoxy) is 1. The van der Waals surface area contributed by atoms with Gasteiger partial charge in [-0.3, -0.25) is 4.79 Å². The van der Waals surface area contributed by atoms with Crippen molar-refractivity contribution in [2.24, 2.45) is 7.05 Å². The third-order valence-corrected chi connectivity index (χ3v) is 4.21. The molecule has 1 amide bonds. The predicted molar refractivity (Wildman–Crippen MR) is 90.6 cm³/mol. The van der Waals surface area contributed by atoms with Gasteiger partial charge in [-0.15, -0.1) is 11.8 Å². The minimum Gasteiger partial charge on any atom is -0.451 e. The lowest BCUT2D eigenvalue weighted by Gasteiger charge is -2.07. The number of carbonyl (C=O) groups excluding carboxylic acids is 2. The van der Waals surface area contributed by atoms with Crippen molar-refractivity contribution in [2.75, 3.05) is 18.9 Å². The van der Waals surface area contributed by atoms with E-state index in [0.29, 0.717) is 12.2 Å². The molecule has 0 fully saturated rings. The van der Waals surface area contributed by atoms with Gasteiger partial charge in [-0.25, -0.2) is 4.79 Å². The lowest BCUT2D eigenvalue weighted by Crippen LogP contribution is -2.30. The molecule has 122 valence electrons. The lowest BCUT2D eigenvalue weighted by molar-refractivity contribution is -0.124. The van der Waals surface area contributed by atoms with E-state index in [1.807, 2.05) is 6.92 Å². The van der Waals surface area contributed by atoms with E-state index in [9.17, 15) is 9.59 Å². The van der Waals surface area contributed by atoms with Gasteiger partial charge in [0.15, 0.2) is 6.61 Å². The van der Waals surface area contributed by atoms with Crippen molar-refractivity contribution < 1.29 is 14.3 Å². The molecule has 6 heteroatoms. The van der Waals surface area contributed by atoms with Gasteiger partial charge in [-0.05, 0) is 31.2 Å². The van der Waals surface area contributed by atoms with Gasteiger partial charge in [0.25, 0.3) is 5.91 Å². The lowest BCUT2D eigenvalue weighted by atomic mass is 10.2. The molecule has 0 unspecified atom stereocenters. The van der Waals surface area contributed by atoms with Crippen LogP contribution in [0.4, 0.5) is 0 Å². The first-order chi connectivity index (χ1) is 11.1. The largest absolute Gasteiger partial charge is 0.451 e. The van der Waals surface area contributed by atoms with Gasteiger partial charge < -0.3 is 14.6 Å². The highest BCUT2D eigenvalue weighted by Crippen LogP contribution is 2.17. The Balaban J connectivity index is 1.62. The predicted octanol–water partition coefficient (Wildman–Crippen LogP) is 2.40. The van der Waals surface area contributed by atoms with Gasteiger partial charge >= 0.3 is 5.97 Å². The van der Waals surface area contributed by atoms with Crippen molar-refractivity contribution in [1.29, 1.82) is 0 Å². The topological polar surface area (TPSA) is 60.3 Å². The Bertz CT molecular complexity index is 665. The Hall–Kier alpha value is -2.21. The van der Waals surface area contributed by atoms with Crippen LogP contribution in [0.25, 0.3) is 0 Å². The summed E-state index contributed by atoms with van der Waals surface area (Å²) < 4.78 is 6.63. The number of aryl methyl sites for hydroxylation is 2. The molecule has 0 aliphatic carbocycles. The third-order valence-electron chi connectivity index (χ3n) is 3.20. The number of carbonyl (C=O) groups is 2. The number of nitrogens with zero attached hydrogens (tertiary/aromatic N) is 1. The van der Waals surface area contributed by atoms with Crippen LogP contribution in [0.1, 0.15) is 16.1 Å². The second-order valence-corrected chi connectivity index (χ2v) is 6.26. The Labute approximate surface area is 140 Å². The maximum absolute atomic E-state index is 11.7. The van der Waals surface area contributed by atoms with Gasteiger partial charge in [0, 0.05) is 30.4 Å². The van der Waals surface area contributed by atoms with Gasteiger partial charge in [-0.1, -0.05) is 17.7 Å². The van der Waals surface area contributed by atoms with E-state index in [0.717, 1.165) is 5.75 Å². The van der Waals surface area contributed by atoms with Crippen LogP contribution in [-0.2, 0) is 16.6 Å². The van der Waals surface area contributed by atoms with Gasteiger partial charge in [0.1, 0.15) is 5.69 Å². The first-order valence-corrected chi connectivity index (χ1v) is 8.29. The smallest absolute Gasteiger partial charge is 0.355 e. The van der Waals surface area contributed by atoms with E-state index in [1.54, 1.807) is 41.7 Å². The molecule has 1 N–H and O–H groups in total.